The molecule has 0 amide bonds. The predicted molar refractivity (Wildman–Crippen MR) is 59.1 cm³/mol. The van der Waals surface area contributed by atoms with Gasteiger partial charge in [0.2, 0.25) is 0 Å². The summed E-state index contributed by atoms with van der Waals surface area (Å²) < 4.78 is 1.67. The van der Waals surface area contributed by atoms with Crippen LogP contribution in [0.2, 0.25) is 0 Å². The van der Waals surface area contributed by atoms with Crippen LogP contribution in [0.5, 0.6) is 0 Å². The maximum Gasteiger partial charge on any atom is 0.0692 e. The minimum absolute atomic E-state index is 0.181. The molecule has 1 aliphatic rings. The van der Waals surface area contributed by atoms with Crippen LogP contribution in [0.1, 0.15) is 18.4 Å². The van der Waals surface area contributed by atoms with Crippen molar-refractivity contribution in [1.82, 2.24) is 15.1 Å². The van der Waals surface area contributed by atoms with Crippen LogP contribution >= 0.6 is 0 Å². The molecule has 1 fully saturated rings. The Morgan fingerprint density at radius 3 is 3.13 bits per heavy atom. The average Bonchev–Trinajstić information content (AvgIpc) is 2.99. The number of aromatic nitrogens is 2. The number of rotatable bonds is 6. The van der Waals surface area contributed by atoms with Crippen molar-refractivity contribution in [3.05, 3.63) is 24.5 Å². The van der Waals surface area contributed by atoms with E-state index in [-0.39, 0.29) is 6.10 Å². The molecule has 82 valence electrons. The Morgan fingerprint density at radius 2 is 2.53 bits per heavy atom. The molecule has 2 N–H and O–H groups in total. The molecule has 1 aliphatic carbocycles. The highest BCUT2D eigenvalue weighted by molar-refractivity contribution is 5.17. The molecule has 0 radical (unpaired) electrons. The maximum atomic E-state index is 9.62. The second-order valence-electron chi connectivity index (χ2n) is 4.05. The van der Waals surface area contributed by atoms with Crippen molar-refractivity contribution in [2.75, 3.05) is 6.54 Å². The second-order valence-corrected chi connectivity index (χ2v) is 4.05. The van der Waals surface area contributed by atoms with E-state index < -0.39 is 0 Å². The fraction of sp³-hybridized carbons (Fsp3) is 0.545. The van der Waals surface area contributed by atoms with Gasteiger partial charge in [-0.15, -0.1) is 0 Å². The third-order valence-corrected chi connectivity index (χ3v) is 2.69. The molecule has 1 heterocycles. The molecule has 4 nitrogen and oxygen atoms in total. The summed E-state index contributed by atoms with van der Waals surface area (Å²) in [5.41, 5.74) is 1.11. The van der Waals surface area contributed by atoms with Gasteiger partial charge in [0.15, 0.2) is 0 Å². The first-order valence-corrected chi connectivity index (χ1v) is 5.34. The Balaban J connectivity index is 1.70. The van der Waals surface area contributed by atoms with Crippen LogP contribution in [0.4, 0.5) is 0 Å². The fourth-order valence-electron chi connectivity index (χ4n) is 1.58. The summed E-state index contributed by atoms with van der Waals surface area (Å²) in [4.78, 5) is 0. The summed E-state index contributed by atoms with van der Waals surface area (Å²) in [5.74, 6) is 0.536. The Labute approximate surface area is 89.6 Å². The third-order valence-electron chi connectivity index (χ3n) is 2.69. The molecule has 0 saturated heterocycles. The van der Waals surface area contributed by atoms with Gasteiger partial charge >= 0.3 is 0 Å². The van der Waals surface area contributed by atoms with Crippen LogP contribution in [0.15, 0.2) is 19.0 Å². The molecule has 1 atom stereocenters. The van der Waals surface area contributed by atoms with Crippen LogP contribution in [-0.2, 0) is 6.54 Å². The van der Waals surface area contributed by atoms with E-state index >= 15 is 0 Å². The largest absolute Gasteiger partial charge is 0.392 e. The van der Waals surface area contributed by atoms with Crippen LogP contribution in [0.25, 0.3) is 6.20 Å². The first-order valence-electron chi connectivity index (χ1n) is 5.34. The summed E-state index contributed by atoms with van der Waals surface area (Å²) in [5, 5.41) is 16.9. The first-order chi connectivity index (χ1) is 7.29. The topological polar surface area (TPSA) is 50.1 Å². The lowest BCUT2D eigenvalue weighted by Crippen LogP contribution is -2.27. The average molecular weight is 207 g/mol. The van der Waals surface area contributed by atoms with Crippen molar-refractivity contribution in [2.24, 2.45) is 5.92 Å². The fourth-order valence-corrected chi connectivity index (χ4v) is 1.58. The van der Waals surface area contributed by atoms with Gasteiger partial charge in [-0.2, -0.15) is 5.10 Å². The van der Waals surface area contributed by atoms with Gasteiger partial charge in [-0.1, -0.05) is 6.58 Å². The van der Waals surface area contributed by atoms with E-state index in [0.29, 0.717) is 12.5 Å². The van der Waals surface area contributed by atoms with Crippen molar-refractivity contribution in [1.29, 1.82) is 0 Å². The zero-order chi connectivity index (χ0) is 10.7. The summed E-state index contributed by atoms with van der Waals surface area (Å²) in [6.07, 6.45) is 7.55. The molecular weight excluding hydrogens is 190 g/mol. The van der Waals surface area contributed by atoms with Crippen molar-refractivity contribution in [2.45, 2.75) is 25.5 Å². The minimum atomic E-state index is -0.181. The van der Waals surface area contributed by atoms with Gasteiger partial charge in [-0.25, -0.2) is 4.68 Å². The molecule has 4 heteroatoms. The smallest absolute Gasteiger partial charge is 0.0692 e. The summed E-state index contributed by atoms with van der Waals surface area (Å²) in [6.45, 7) is 5.04. The molecule has 1 aromatic heterocycles. The van der Waals surface area contributed by atoms with Crippen molar-refractivity contribution in [3.8, 4) is 0 Å². The number of hydrogen-bond acceptors (Lipinski definition) is 3. The molecular formula is C11H17N3O. The van der Waals surface area contributed by atoms with Crippen molar-refractivity contribution >= 4 is 6.20 Å². The molecule has 0 spiro atoms. The third kappa shape index (κ3) is 2.91. The number of hydrogen-bond donors (Lipinski definition) is 2. The normalized spacial score (nSPS) is 17.7. The first kappa shape index (κ1) is 10.4. The molecule has 15 heavy (non-hydrogen) atoms. The highest BCUT2D eigenvalue weighted by Crippen LogP contribution is 2.32. The standard InChI is InChI=1S/C11H17N3O/c1-2-14-8-9(6-13-14)5-12-7-11(15)10-3-4-10/h2,6,8,10-12,15H,1,3-5,7H2. The van der Waals surface area contributed by atoms with Crippen molar-refractivity contribution in [3.63, 3.8) is 0 Å². The summed E-state index contributed by atoms with van der Waals surface area (Å²) in [7, 11) is 0. The summed E-state index contributed by atoms with van der Waals surface area (Å²) >= 11 is 0. The van der Waals surface area contributed by atoms with Gasteiger partial charge in [0.1, 0.15) is 0 Å². The molecule has 0 aromatic carbocycles. The van der Waals surface area contributed by atoms with E-state index in [1.165, 1.54) is 12.8 Å². The molecule has 0 aliphatic heterocycles. The van der Waals surface area contributed by atoms with Gasteiger partial charge in [0, 0.05) is 31.0 Å². The maximum absolute atomic E-state index is 9.62. The van der Waals surface area contributed by atoms with E-state index in [4.69, 9.17) is 0 Å². The zero-order valence-corrected chi connectivity index (χ0v) is 8.76. The van der Waals surface area contributed by atoms with Gasteiger partial charge in [-0.3, -0.25) is 0 Å². The van der Waals surface area contributed by atoms with Crippen LogP contribution in [-0.4, -0.2) is 27.5 Å². The van der Waals surface area contributed by atoms with Crippen molar-refractivity contribution < 1.29 is 5.11 Å². The monoisotopic (exact) mass is 207 g/mol. The number of aliphatic hydroxyl groups excluding tert-OH is 1. The SMILES string of the molecule is C=Cn1cc(CNCC(O)C2CC2)cn1. The van der Waals surface area contributed by atoms with Gasteiger partial charge in [0.05, 0.1) is 12.3 Å². The van der Waals surface area contributed by atoms with E-state index in [9.17, 15) is 5.11 Å². The number of aliphatic hydroxyl groups is 1. The highest BCUT2D eigenvalue weighted by atomic mass is 16.3. The van der Waals surface area contributed by atoms with Crippen LogP contribution in [0.3, 0.4) is 0 Å². The molecule has 1 saturated carbocycles. The molecule has 1 unspecified atom stereocenters. The van der Waals surface area contributed by atoms with Crippen LogP contribution in [0, 0.1) is 5.92 Å². The van der Waals surface area contributed by atoms with Crippen LogP contribution < -0.4 is 5.32 Å². The molecule has 2 rings (SSSR count). The quantitative estimate of drug-likeness (QED) is 0.727. The van der Waals surface area contributed by atoms with Gasteiger partial charge < -0.3 is 10.4 Å². The molecule has 1 aromatic rings. The Kier molecular flexibility index (Phi) is 3.18. The second kappa shape index (κ2) is 4.59. The Hall–Kier alpha value is -1.13. The predicted octanol–water partition coefficient (Wildman–Crippen LogP) is 0.844. The Morgan fingerprint density at radius 1 is 1.73 bits per heavy atom. The lowest BCUT2D eigenvalue weighted by Gasteiger charge is -2.09. The lowest BCUT2D eigenvalue weighted by atomic mass is 10.2. The Bertz CT molecular complexity index is 330. The number of nitrogens with zero attached hydrogens (tertiary/aromatic N) is 2. The van der Waals surface area contributed by atoms with E-state index in [1.54, 1.807) is 17.1 Å². The zero-order valence-electron chi connectivity index (χ0n) is 8.76. The molecule has 0 bridgehead atoms. The lowest BCUT2D eigenvalue weighted by molar-refractivity contribution is 0.148. The number of nitrogens with one attached hydrogen (secondary N) is 1. The minimum Gasteiger partial charge on any atom is -0.392 e. The van der Waals surface area contributed by atoms with E-state index in [1.807, 2.05) is 6.20 Å². The van der Waals surface area contributed by atoms with Gasteiger partial charge in [-0.05, 0) is 18.8 Å². The van der Waals surface area contributed by atoms with E-state index in [0.717, 1.165) is 12.1 Å². The highest BCUT2D eigenvalue weighted by Gasteiger charge is 2.28. The summed E-state index contributed by atoms with van der Waals surface area (Å²) in [6, 6.07) is 0. The van der Waals surface area contributed by atoms with E-state index in [2.05, 4.69) is 17.0 Å². The van der Waals surface area contributed by atoms with Gasteiger partial charge in [0.25, 0.3) is 0 Å².